The summed E-state index contributed by atoms with van der Waals surface area (Å²) >= 11 is 0. The number of amides is 3. The van der Waals surface area contributed by atoms with Crippen LogP contribution in [0.25, 0.3) is 0 Å². The number of imide groups is 1. The van der Waals surface area contributed by atoms with Crippen LogP contribution in [0.4, 0.5) is 11.4 Å². The first kappa shape index (κ1) is 22.8. The number of nitrogens with one attached hydrogen (secondary N) is 1. The summed E-state index contributed by atoms with van der Waals surface area (Å²) in [4.78, 5) is 63.1. The smallest absolute Gasteiger partial charge is 0.338 e. The fourth-order valence-corrected chi connectivity index (χ4v) is 5.63. The third-order valence-corrected chi connectivity index (χ3v) is 7.21. The lowest BCUT2D eigenvalue weighted by molar-refractivity contribution is -0.123. The van der Waals surface area contributed by atoms with E-state index in [4.69, 9.17) is 4.74 Å². The molecule has 0 unspecified atom stereocenters. The van der Waals surface area contributed by atoms with Crippen molar-refractivity contribution >= 4 is 41.0 Å². The summed E-state index contributed by atoms with van der Waals surface area (Å²) in [6.45, 7) is -0.505. The lowest BCUT2D eigenvalue weighted by Crippen LogP contribution is -2.32. The molecule has 1 N–H and O–H groups in total. The standard InChI is InChI=1S/C26H24N2O7/c1-34-25(32)14-4-8-18(9-5-14)27-20(29)13-35-26(33)15-6-10-19(11-7-15)28-23(30)21-16-2-3-17(12-16)22(21)24(28)31/h4-11,16-17,21-22H,2-3,12-13H2,1H3,(H,27,29)/t16-,17-,21-,22-/m0/s1. The molecule has 1 saturated heterocycles. The van der Waals surface area contributed by atoms with Gasteiger partial charge in [-0.1, -0.05) is 0 Å². The van der Waals surface area contributed by atoms with Gasteiger partial charge in [0.2, 0.25) is 11.8 Å². The fourth-order valence-electron chi connectivity index (χ4n) is 5.63. The highest BCUT2D eigenvalue weighted by Gasteiger charge is 2.61. The van der Waals surface area contributed by atoms with Crippen molar-refractivity contribution < 1.29 is 33.4 Å². The van der Waals surface area contributed by atoms with Crippen LogP contribution in [0.1, 0.15) is 40.0 Å². The molecule has 5 rings (SSSR count). The Labute approximate surface area is 201 Å². The molecule has 2 bridgehead atoms. The summed E-state index contributed by atoms with van der Waals surface area (Å²) < 4.78 is 9.69. The second-order valence-electron chi connectivity index (χ2n) is 9.14. The number of nitrogens with zero attached hydrogens (tertiary/aromatic N) is 1. The predicted molar refractivity (Wildman–Crippen MR) is 123 cm³/mol. The maximum atomic E-state index is 12.9. The molecular formula is C26H24N2O7. The van der Waals surface area contributed by atoms with Crippen LogP contribution in [0.5, 0.6) is 0 Å². The minimum atomic E-state index is -0.707. The van der Waals surface area contributed by atoms with Crippen LogP contribution in [0.15, 0.2) is 48.5 Å². The summed E-state index contributed by atoms with van der Waals surface area (Å²) in [5, 5.41) is 2.57. The summed E-state index contributed by atoms with van der Waals surface area (Å²) in [5.74, 6) is -1.83. The van der Waals surface area contributed by atoms with Gasteiger partial charge in [-0.3, -0.25) is 19.3 Å². The minimum Gasteiger partial charge on any atom is -0.465 e. The van der Waals surface area contributed by atoms with Crippen molar-refractivity contribution in [3.05, 3.63) is 59.7 Å². The van der Waals surface area contributed by atoms with E-state index in [1.165, 1.54) is 48.4 Å². The number of hydrogen-bond acceptors (Lipinski definition) is 7. The molecule has 0 radical (unpaired) electrons. The average Bonchev–Trinajstić information content (AvgIpc) is 3.56. The molecule has 0 aromatic heterocycles. The second kappa shape index (κ2) is 8.98. The van der Waals surface area contributed by atoms with E-state index < -0.39 is 24.5 Å². The Morgan fingerprint density at radius 1 is 0.857 bits per heavy atom. The molecule has 0 spiro atoms. The molecule has 3 aliphatic rings. The topological polar surface area (TPSA) is 119 Å². The highest BCUT2D eigenvalue weighted by atomic mass is 16.5. The first-order valence-electron chi connectivity index (χ1n) is 11.5. The quantitative estimate of drug-likeness (QED) is 0.503. The summed E-state index contributed by atoms with van der Waals surface area (Å²) in [5.41, 5.74) is 1.41. The Hall–Kier alpha value is -4.01. The number of rotatable bonds is 6. The highest BCUT2D eigenvalue weighted by Crippen LogP contribution is 2.56. The van der Waals surface area contributed by atoms with Gasteiger partial charge in [-0.05, 0) is 79.6 Å². The number of methoxy groups -OCH3 is 1. The van der Waals surface area contributed by atoms with Gasteiger partial charge in [-0.15, -0.1) is 0 Å². The Bertz CT molecular complexity index is 1180. The molecule has 2 saturated carbocycles. The van der Waals surface area contributed by atoms with E-state index in [2.05, 4.69) is 10.1 Å². The number of carbonyl (C=O) groups excluding carboxylic acids is 5. The SMILES string of the molecule is COC(=O)c1ccc(NC(=O)COC(=O)c2ccc(N3C(=O)[C@H]4[C@H]5CC[C@@H](C5)[C@@H]4C3=O)cc2)cc1. The van der Waals surface area contributed by atoms with Gasteiger partial charge >= 0.3 is 11.9 Å². The van der Waals surface area contributed by atoms with Crippen LogP contribution < -0.4 is 10.2 Å². The van der Waals surface area contributed by atoms with Crippen molar-refractivity contribution in [3.8, 4) is 0 Å². The van der Waals surface area contributed by atoms with Crippen LogP contribution in [-0.2, 0) is 23.9 Å². The maximum absolute atomic E-state index is 12.9. The number of hydrogen-bond donors (Lipinski definition) is 1. The largest absolute Gasteiger partial charge is 0.465 e. The molecule has 9 nitrogen and oxygen atoms in total. The maximum Gasteiger partial charge on any atom is 0.338 e. The lowest BCUT2D eigenvalue weighted by atomic mass is 9.81. The van der Waals surface area contributed by atoms with E-state index in [9.17, 15) is 24.0 Å². The molecule has 2 aromatic carbocycles. The van der Waals surface area contributed by atoms with Gasteiger partial charge in [0.1, 0.15) is 0 Å². The van der Waals surface area contributed by atoms with E-state index >= 15 is 0 Å². The van der Waals surface area contributed by atoms with Crippen molar-refractivity contribution in [2.45, 2.75) is 19.3 Å². The lowest BCUT2D eigenvalue weighted by Gasteiger charge is -2.19. The zero-order valence-electron chi connectivity index (χ0n) is 19.1. The molecule has 3 fully saturated rings. The number of anilines is 2. The van der Waals surface area contributed by atoms with Crippen LogP contribution in [0, 0.1) is 23.7 Å². The van der Waals surface area contributed by atoms with Gasteiger partial charge in [-0.2, -0.15) is 0 Å². The Morgan fingerprint density at radius 2 is 1.40 bits per heavy atom. The highest BCUT2D eigenvalue weighted by molar-refractivity contribution is 6.22. The molecule has 2 aromatic rings. The average molecular weight is 476 g/mol. The van der Waals surface area contributed by atoms with Crippen molar-refractivity contribution in [3.63, 3.8) is 0 Å². The van der Waals surface area contributed by atoms with E-state index in [0.29, 0.717) is 28.8 Å². The Morgan fingerprint density at radius 3 is 1.97 bits per heavy atom. The molecule has 180 valence electrons. The van der Waals surface area contributed by atoms with Gasteiger partial charge in [-0.25, -0.2) is 9.59 Å². The summed E-state index contributed by atoms with van der Waals surface area (Å²) in [7, 11) is 1.28. The van der Waals surface area contributed by atoms with Crippen LogP contribution in [0.2, 0.25) is 0 Å². The van der Waals surface area contributed by atoms with E-state index in [-0.39, 0.29) is 29.2 Å². The molecular weight excluding hydrogens is 452 g/mol. The van der Waals surface area contributed by atoms with Gasteiger partial charge < -0.3 is 14.8 Å². The third-order valence-electron chi connectivity index (χ3n) is 7.21. The first-order chi connectivity index (χ1) is 16.9. The fraction of sp³-hybridized carbons (Fsp3) is 0.346. The molecule has 35 heavy (non-hydrogen) atoms. The van der Waals surface area contributed by atoms with Crippen molar-refractivity contribution in [2.75, 3.05) is 23.9 Å². The number of esters is 2. The molecule has 4 atom stereocenters. The number of carbonyl (C=O) groups is 5. The number of ether oxygens (including phenoxy) is 2. The molecule has 1 heterocycles. The van der Waals surface area contributed by atoms with Crippen molar-refractivity contribution in [1.82, 2.24) is 0 Å². The van der Waals surface area contributed by atoms with Crippen LogP contribution in [-0.4, -0.2) is 43.4 Å². The van der Waals surface area contributed by atoms with E-state index in [0.717, 1.165) is 19.3 Å². The van der Waals surface area contributed by atoms with Crippen LogP contribution in [0.3, 0.4) is 0 Å². The van der Waals surface area contributed by atoms with Gasteiger partial charge in [0.05, 0.1) is 35.8 Å². The Balaban J connectivity index is 1.16. The Kier molecular flexibility index (Phi) is 5.84. The first-order valence-corrected chi connectivity index (χ1v) is 11.5. The summed E-state index contributed by atoms with van der Waals surface area (Å²) in [6.07, 6.45) is 2.99. The zero-order valence-corrected chi connectivity index (χ0v) is 19.1. The van der Waals surface area contributed by atoms with E-state index in [1.807, 2.05) is 0 Å². The monoisotopic (exact) mass is 476 g/mol. The molecule has 3 amide bonds. The number of benzene rings is 2. The third kappa shape index (κ3) is 4.07. The molecule has 1 aliphatic heterocycles. The number of fused-ring (bicyclic) bond motifs is 5. The van der Waals surface area contributed by atoms with Gasteiger partial charge in [0.25, 0.3) is 5.91 Å². The summed E-state index contributed by atoms with van der Waals surface area (Å²) in [6, 6.07) is 12.1. The second-order valence-corrected chi connectivity index (χ2v) is 9.14. The van der Waals surface area contributed by atoms with Crippen molar-refractivity contribution in [1.29, 1.82) is 0 Å². The van der Waals surface area contributed by atoms with Crippen LogP contribution >= 0.6 is 0 Å². The van der Waals surface area contributed by atoms with E-state index in [1.54, 1.807) is 12.1 Å². The molecule has 9 heteroatoms. The predicted octanol–water partition coefficient (Wildman–Crippen LogP) is 2.80. The van der Waals surface area contributed by atoms with Crippen molar-refractivity contribution in [2.24, 2.45) is 23.7 Å². The van der Waals surface area contributed by atoms with Gasteiger partial charge in [0.15, 0.2) is 6.61 Å². The molecule has 2 aliphatic carbocycles. The zero-order chi connectivity index (χ0) is 24.7. The normalized spacial score (nSPS) is 24.3. The van der Waals surface area contributed by atoms with Gasteiger partial charge in [0, 0.05) is 5.69 Å². The minimum absolute atomic E-state index is 0.140.